The molecular formula is C13H17N3O3S. The second-order valence-electron chi connectivity index (χ2n) is 4.72. The minimum atomic E-state index is -0.515. The Bertz CT molecular complexity index is 599. The summed E-state index contributed by atoms with van der Waals surface area (Å²) < 4.78 is 6.81. The number of hydrogen-bond donors (Lipinski definition) is 0. The van der Waals surface area contributed by atoms with E-state index in [1.54, 1.807) is 9.47 Å². The Morgan fingerprint density at radius 2 is 2.30 bits per heavy atom. The van der Waals surface area contributed by atoms with Crippen molar-refractivity contribution >= 4 is 17.2 Å². The van der Waals surface area contributed by atoms with Crippen LogP contribution in [0.25, 0.3) is 0 Å². The number of morpholine rings is 1. The minimum Gasteiger partial charge on any atom is -0.376 e. The quantitative estimate of drug-likeness (QED) is 0.821. The molecule has 1 aliphatic rings. The van der Waals surface area contributed by atoms with E-state index in [0.29, 0.717) is 19.7 Å². The van der Waals surface area contributed by atoms with Gasteiger partial charge in [-0.25, -0.2) is 0 Å². The zero-order chi connectivity index (χ0) is 14.7. The second kappa shape index (κ2) is 6.20. The summed E-state index contributed by atoms with van der Waals surface area (Å²) in [5.74, 6) is -0.102. The first-order chi connectivity index (χ1) is 9.54. The summed E-state index contributed by atoms with van der Waals surface area (Å²) in [6.45, 7) is 5.30. The molecule has 7 heteroatoms. The maximum absolute atomic E-state index is 12.2. The monoisotopic (exact) mass is 295 g/mol. The summed E-state index contributed by atoms with van der Waals surface area (Å²) in [6, 6.07) is 1.56. The normalized spacial score (nSPS) is 18.9. The third-order valence-corrected chi connectivity index (χ3v) is 4.52. The van der Waals surface area contributed by atoms with Gasteiger partial charge in [-0.1, -0.05) is 11.3 Å². The van der Waals surface area contributed by atoms with Crippen LogP contribution in [0.1, 0.15) is 17.0 Å². The summed E-state index contributed by atoms with van der Waals surface area (Å²) in [5.41, 5.74) is 0.909. The number of ether oxygens (including phenoxy) is 1. The third kappa shape index (κ3) is 2.92. The van der Waals surface area contributed by atoms with E-state index in [0.717, 1.165) is 10.6 Å². The fourth-order valence-electron chi connectivity index (χ4n) is 2.21. The first-order valence-electron chi connectivity index (χ1n) is 6.48. The van der Waals surface area contributed by atoms with E-state index in [9.17, 15) is 9.59 Å². The van der Waals surface area contributed by atoms with Gasteiger partial charge in [0.25, 0.3) is 0 Å². The van der Waals surface area contributed by atoms with Crippen LogP contribution in [0.3, 0.4) is 0 Å². The first kappa shape index (κ1) is 14.8. The van der Waals surface area contributed by atoms with Crippen LogP contribution < -0.4 is 4.87 Å². The van der Waals surface area contributed by atoms with Crippen molar-refractivity contribution in [2.24, 2.45) is 0 Å². The van der Waals surface area contributed by atoms with Crippen molar-refractivity contribution in [3.05, 3.63) is 20.2 Å². The lowest BCUT2D eigenvalue weighted by molar-refractivity contribution is -0.137. The van der Waals surface area contributed by atoms with E-state index >= 15 is 0 Å². The lowest BCUT2D eigenvalue weighted by Gasteiger charge is -2.31. The fourth-order valence-corrected chi connectivity index (χ4v) is 3.06. The summed E-state index contributed by atoms with van der Waals surface area (Å²) in [6.07, 6.45) is 0.231. The molecule has 20 heavy (non-hydrogen) atoms. The van der Waals surface area contributed by atoms with Crippen LogP contribution in [0, 0.1) is 25.2 Å². The van der Waals surface area contributed by atoms with Gasteiger partial charge in [-0.2, -0.15) is 5.26 Å². The highest BCUT2D eigenvalue weighted by molar-refractivity contribution is 7.09. The molecule has 1 atom stereocenters. The van der Waals surface area contributed by atoms with Gasteiger partial charge >= 0.3 is 4.87 Å². The Morgan fingerprint density at radius 3 is 2.90 bits per heavy atom. The highest BCUT2D eigenvalue weighted by Crippen LogP contribution is 2.12. The minimum absolute atomic E-state index is 0.0355. The number of nitrogens with zero attached hydrogens (tertiary/aromatic N) is 3. The summed E-state index contributed by atoms with van der Waals surface area (Å²) in [4.78, 5) is 26.4. The van der Waals surface area contributed by atoms with Crippen molar-refractivity contribution in [2.45, 2.75) is 32.9 Å². The number of hydrogen-bond acceptors (Lipinski definition) is 5. The predicted octanol–water partition coefficient (Wildman–Crippen LogP) is 0.668. The van der Waals surface area contributed by atoms with Gasteiger partial charge in [-0.15, -0.1) is 0 Å². The molecule has 2 heterocycles. The summed E-state index contributed by atoms with van der Waals surface area (Å²) in [7, 11) is 0. The molecule has 0 spiro atoms. The maximum atomic E-state index is 12.2. The van der Waals surface area contributed by atoms with E-state index in [1.807, 2.05) is 13.8 Å². The Balaban J connectivity index is 2.01. The maximum Gasteiger partial charge on any atom is 0.307 e. The van der Waals surface area contributed by atoms with Crippen molar-refractivity contribution in [1.29, 1.82) is 5.26 Å². The zero-order valence-electron chi connectivity index (χ0n) is 11.6. The average Bonchev–Trinajstić information content (AvgIpc) is 2.70. The molecule has 0 N–H and O–H groups in total. The molecule has 0 aromatic carbocycles. The van der Waals surface area contributed by atoms with Gasteiger partial charge in [-0.05, 0) is 13.8 Å². The standard InChI is InChI=1S/C13H17N3O3S/c1-9-10(2)20-13(18)15(9)4-3-12(17)16-5-6-19-8-11(16)7-14/h11H,3-6,8H2,1-2H3. The number of amides is 1. The molecule has 1 fully saturated rings. The highest BCUT2D eigenvalue weighted by Gasteiger charge is 2.26. The van der Waals surface area contributed by atoms with Crippen LogP contribution in [0.5, 0.6) is 0 Å². The smallest absolute Gasteiger partial charge is 0.307 e. The number of aryl methyl sites for hydroxylation is 1. The average molecular weight is 295 g/mol. The van der Waals surface area contributed by atoms with Crippen LogP contribution >= 0.6 is 11.3 Å². The molecule has 1 aromatic heterocycles. The van der Waals surface area contributed by atoms with E-state index in [4.69, 9.17) is 10.00 Å². The number of thiazole rings is 1. The highest BCUT2D eigenvalue weighted by atomic mass is 32.1. The molecule has 0 saturated carbocycles. The third-order valence-electron chi connectivity index (χ3n) is 3.52. The molecule has 0 radical (unpaired) electrons. The van der Waals surface area contributed by atoms with Crippen LogP contribution in [0.15, 0.2) is 4.79 Å². The van der Waals surface area contributed by atoms with Gasteiger partial charge in [0.1, 0.15) is 6.04 Å². The Labute approximate surface area is 121 Å². The van der Waals surface area contributed by atoms with E-state index in [1.165, 1.54) is 11.3 Å². The molecule has 0 bridgehead atoms. The Kier molecular flexibility index (Phi) is 4.57. The number of carbonyl (C=O) groups is 1. The topological polar surface area (TPSA) is 75.3 Å². The number of nitriles is 1. The molecule has 1 amide bonds. The molecule has 6 nitrogen and oxygen atoms in total. The molecule has 2 rings (SSSR count). The predicted molar refractivity (Wildman–Crippen MR) is 74.6 cm³/mol. The van der Waals surface area contributed by atoms with Crippen molar-refractivity contribution in [1.82, 2.24) is 9.47 Å². The summed E-state index contributed by atoms with van der Waals surface area (Å²) >= 11 is 1.20. The second-order valence-corrected chi connectivity index (χ2v) is 5.88. The SMILES string of the molecule is Cc1sc(=O)n(CCC(=O)N2CCOCC2C#N)c1C. The van der Waals surface area contributed by atoms with E-state index < -0.39 is 6.04 Å². The van der Waals surface area contributed by atoms with Gasteiger partial charge in [0.05, 0.1) is 19.3 Å². The van der Waals surface area contributed by atoms with Crippen molar-refractivity contribution < 1.29 is 9.53 Å². The first-order valence-corrected chi connectivity index (χ1v) is 7.30. The molecule has 1 unspecified atom stereocenters. The van der Waals surface area contributed by atoms with E-state index in [-0.39, 0.29) is 23.8 Å². The van der Waals surface area contributed by atoms with Crippen molar-refractivity contribution in [3.63, 3.8) is 0 Å². The van der Waals surface area contributed by atoms with Gasteiger partial charge in [-0.3, -0.25) is 9.59 Å². The van der Waals surface area contributed by atoms with Crippen molar-refractivity contribution in [3.8, 4) is 6.07 Å². The van der Waals surface area contributed by atoms with Crippen LogP contribution in [0.2, 0.25) is 0 Å². The molecule has 1 aliphatic heterocycles. The Morgan fingerprint density at radius 1 is 1.55 bits per heavy atom. The van der Waals surface area contributed by atoms with Crippen LogP contribution in [0.4, 0.5) is 0 Å². The van der Waals surface area contributed by atoms with Crippen molar-refractivity contribution in [2.75, 3.05) is 19.8 Å². The van der Waals surface area contributed by atoms with Gasteiger partial charge in [0, 0.05) is 30.1 Å². The lowest BCUT2D eigenvalue weighted by Crippen LogP contribution is -2.48. The number of aromatic nitrogens is 1. The molecule has 1 saturated heterocycles. The number of carbonyl (C=O) groups excluding carboxylic acids is 1. The van der Waals surface area contributed by atoms with Gasteiger partial charge in [0.15, 0.2) is 0 Å². The van der Waals surface area contributed by atoms with E-state index in [2.05, 4.69) is 6.07 Å². The zero-order valence-corrected chi connectivity index (χ0v) is 12.4. The fraction of sp³-hybridized carbons (Fsp3) is 0.615. The summed E-state index contributed by atoms with van der Waals surface area (Å²) in [5, 5.41) is 9.01. The molecule has 0 aliphatic carbocycles. The lowest BCUT2D eigenvalue weighted by atomic mass is 10.2. The largest absolute Gasteiger partial charge is 0.376 e. The Hall–Kier alpha value is -1.65. The van der Waals surface area contributed by atoms with Crippen LogP contribution in [-0.4, -0.2) is 41.2 Å². The number of rotatable bonds is 3. The van der Waals surface area contributed by atoms with Gasteiger partial charge < -0.3 is 14.2 Å². The van der Waals surface area contributed by atoms with Gasteiger partial charge in [0.2, 0.25) is 5.91 Å². The molecule has 108 valence electrons. The van der Waals surface area contributed by atoms with Crippen LogP contribution in [-0.2, 0) is 16.1 Å². The molecular weight excluding hydrogens is 278 g/mol. The molecule has 1 aromatic rings.